The second-order valence-corrected chi connectivity index (χ2v) is 3.64. The van der Waals surface area contributed by atoms with Gasteiger partial charge in [0.25, 0.3) is 0 Å². The summed E-state index contributed by atoms with van der Waals surface area (Å²) in [6, 6.07) is 8.20. The summed E-state index contributed by atoms with van der Waals surface area (Å²) in [6.07, 6.45) is 0. The van der Waals surface area contributed by atoms with Crippen molar-refractivity contribution in [2.45, 2.75) is 13.8 Å². The fourth-order valence-electron chi connectivity index (χ4n) is 1.51. The number of aryl methyl sites for hydroxylation is 2. The maximum atomic E-state index is 5.87. The Kier molecular flexibility index (Phi) is 1.97. The normalized spacial score (nSPS) is 10.7. The topological polar surface area (TPSA) is 12.9 Å². The molecule has 66 valence electrons. The molecule has 2 heteroatoms. The van der Waals surface area contributed by atoms with E-state index in [0.717, 1.165) is 11.1 Å². The average molecular weight is 192 g/mol. The average Bonchev–Trinajstić information content (AvgIpc) is 2.02. The Hall–Kier alpha value is -1.08. The maximum absolute atomic E-state index is 5.87. The Morgan fingerprint density at radius 2 is 1.92 bits per heavy atom. The number of hydrogen-bond acceptors (Lipinski definition) is 1. The second kappa shape index (κ2) is 3.00. The van der Waals surface area contributed by atoms with Gasteiger partial charge in [0, 0.05) is 11.1 Å². The van der Waals surface area contributed by atoms with E-state index in [2.05, 4.69) is 30.1 Å². The number of benzene rings is 1. The van der Waals surface area contributed by atoms with E-state index in [1.807, 2.05) is 13.0 Å². The molecule has 2 aromatic rings. The van der Waals surface area contributed by atoms with Crippen LogP contribution in [0.5, 0.6) is 0 Å². The maximum Gasteiger partial charge on any atom is 0.129 e. The van der Waals surface area contributed by atoms with Crippen molar-refractivity contribution in [1.82, 2.24) is 4.98 Å². The highest BCUT2D eigenvalue weighted by Crippen LogP contribution is 2.21. The number of aromatic nitrogens is 1. The van der Waals surface area contributed by atoms with Crippen LogP contribution in [0.4, 0.5) is 0 Å². The van der Waals surface area contributed by atoms with E-state index in [-0.39, 0.29) is 0 Å². The van der Waals surface area contributed by atoms with Crippen molar-refractivity contribution in [1.29, 1.82) is 0 Å². The van der Waals surface area contributed by atoms with Crippen molar-refractivity contribution >= 4 is 22.4 Å². The fraction of sp³-hybridized carbons (Fsp3) is 0.182. The van der Waals surface area contributed by atoms with Crippen LogP contribution in [-0.4, -0.2) is 4.98 Å². The molecule has 13 heavy (non-hydrogen) atoms. The van der Waals surface area contributed by atoms with Gasteiger partial charge in [-0.2, -0.15) is 0 Å². The van der Waals surface area contributed by atoms with Crippen LogP contribution in [0.15, 0.2) is 24.3 Å². The predicted octanol–water partition coefficient (Wildman–Crippen LogP) is 3.51. The van der Waals surface area contributed by atoms with Crippen LogP contribution in [0.25, 0.3) is 10.8 Å². The van der Waals surface area contributed by atoms with Crippen LogP contribution in [0, 0.1) is 13.8 Å². The first-order valence-electron chi connectivity index (χ1n) is 4.20. The molecule has 0 spiro atoms. The van der Waals surface area contributed by atoms with E-state index in [0.29, 0.717) is 5.15 Å². The fourth-order valence-corrected chi connectivity index (χ4v) is 1.76. The molecule has 2 rings (SSSR count). The zero-order valence-electron chi connectivity index (χ0n) is 7.63. The smallest absolute Gasteiger partial charge is 0.129 e. The SMILES string of the molecule is Cc1ccc2c(C)nc(Cl)cc2c1. The summed E-state index contributed by atoms with van der Waals surface area (Å²) in [5.41, 5.74) is 2.23. The van der Waals surface area contributed by atoms with Crippen molar-refractivity contribution in [2.24, 2.45) is 0 Å². The Morgan fingerprint density at radius 3 is 2.69 bits per heavy atom. The second-order valence-electron chi connectivity index (χ2n) is 3.25. The summed E-state index contributed by atoms with van der Waals surface area (Å²) in [5, 5.41) is 2.91. The number of halogens is 1. The lowest BCUT2D eigenvalue weighted by Crippen LogP contribution is -1.85. The first-order chi connectivity index (χ1) is 6.16. The quantitative estimate of drug-likeness (QED) is 0.581. The summed E-state index contributed by atoms with van der Waals surface area (Å²) >= 11 is 5.87. The molecule has 1 nitrogen and oxygen atoms in total. The minimum Gasteiger partial charge on any atom is -0.241 e. The lowest BCUT2D eigenvalue weighted by atomic mass is 10.1. The molecule has 1 aromatic carbocycles. The molecular weight excluding hydrogens is 182 g/mol. The molecule has 0 atom stereocenters. The Balaban J connectivity index is 2.86. The van der Waals surface area contributed by atoms with Crippen LogP contribution in [0.3, 0.4) is 0 Å². The van der Waals surface area contributed by atoms with Crippen molar-refractivity contribution in [3.63, 3.8) is 0 Å². The van der Waals surface area contributed by atoms with Crippen molar-refractivity contribution in [3.05, 3.63) is 40.7 Å². The summed E-state index contributed by atoms with van der Waals surface area (Å²) in [7, 11) is 0. The van der Waals surface area contributed by atoms with Crippen LogP contribution < -0.4 is 0 Å². The number of fused-ring (bicyclic) bond motifs is 1. The molecule has 0 saturated carbocycles. The molecule has 0 saturated heterocycles. The molecule has 0 radical (unpaired) electrons. The summed E-state index contributed by atoms with van der Waals surface area (Å²) in [5.74, 6) is 0. The summed E-state index contributed by atoms with van der Waals surface area (Å²) in [4.78, 5) is 4.20. The van der Waals surface area contributed by atoms with Crippen molar-refractivity contribution < 1.29 is 0 Å². The van der Waals surface area contributed by atoms with Gasteiger partial charge in [-0.25, -0.2) is 4.98 Å². The van der Waals surface area contributed by atoms with Gasteiger partial charge in [0.15, 0.2) is 0 Å². The molecule has 0 aliphatic heterocycles. The third kappa shape index (κ3) is 1.52. The van der Waals surface area contributed by atoms with Gasteiger partial charge in [0.2, 0.25) is 0 Å². The largest absolute Gasteiger partial charge is 0.241 e. The third-order valence-electron chi connectivity index (χ3n) is 2.15. The number of pyridine rings is 1. The van der Waals surface area contributed by atoms with E-state index < -0.39 is 0 Å². The predicted molar refractivity (Wildman–Crippen MR) is 56.2 cm³/mol. The number of rotatable bonds is 0. The van der Waals surface area contributed by atoms with Gasteiger partial charge in [0.05, 0.1) is 0 Å². The van der Waals surface area contributed by atoms with Crippen LogP contribution in [-0.2, 0) is 0 Å². The summed E-state index contributed by atoms with van der Waals surface area (Å²) < 4.78 is 0. The van der Waals surface area contributed by atoms with E-state index in [1.54, 1.807) is 0 Å². The molecule has 0 bridgehead atoms. The Bertz CT molecular complexity index is 458. The van der Waals surface area contributed by atoms with Gasteiger partial charge >= 0.3 is 0 Å². The molecule has 0 amide bonds. The lowest BCUT2D eigenvalue weighted by Gasteiger charge is -2.02. The minimum atomic E-state index is 0.565. The van der Waals surface area contributed by atoms with Gasteiger partial charge < -0.3 is 0 Å². The monoisotopic (exact) mass is 191 g/mol. The van der Waals surface area contributed by atoms with Gasteiger partial charge in [-0.05, 0) is 25.3 Å². The van der Waals surface area contributed by atoms with Gasteiger partial charge in [0.1, 0.15) is 5.15 Å². The molecule has 1 heterocycles. The van der Waals surface area contributed by atoms with Crippen LogP contribution in [0.1, 0.15) is 11.3 Å². The molecule has 0 aliphatic carbocycles. The first-order valence-corrected chi connectivity index (χ1v) is 4.58. The zero-order valence-corrected chi connectivity index (χ0v) is 8.39. The minimum absolute atomic E-state index is 0.565. The Labute approximate surface area is 82.4 Å². The van der Waals surface area contributed by atoms with Crippen molar-refractivity contribution in [3.8, 4) is 0 Å². The number of hydrogen-bond donors (Lipinski definition) is 0. The molecule has 0 aliphatic rings. The highest BCUT2D eigenvalue weighted by atomic mass is 35.5. The van der Waals surface area contributed by atoms with Gasteiger partial charge in [-0.15, -0.1) is 0 Å². The standard InChI is InChI=1S/C11H10ClN/c1-7-3-4-10-8(2)13-11(12)6-9(10)5-7/h3-6H,1-2H3. The highest BCUT2D eigenvalue weighted by Gasteiger charge is 2.00. The number of nitrogens with zero attached hydrogens (tertiary/aromatic N) is 1. The van der Waals surface area contributed by atoms with E-state index in [1.165, 1.54) is 10.9 Å². The van der Waals surface area contributed by atoms with E-state index in [9.17, 15) is 0 Å². The van der Waals surface area contributed by atoms with E-state index >= 15 is 0 Å². The van der Waals surface area contributed by atoms with Gasteiger partial charge in [-0.1, -0.05) is 35.4 Å². The zero-order chi connectivity index (χ0) is 9.42. The van der Waals surface area contributed by atoms with E-state index in [4.69, 9.17) is 11.6 Å². The first kappa shape index (κ1) is 8.52. The summed E-state index contributed by atoms with van der Waals surface area (Å²) in [6.45, 7) is 4.05. The molecule has 0 unspecified atom stereocenters. The molecule has 0 fully saturated rings. The van der Waals surface area contributed by atoms with Crippen LogP contribution in [0.2, 0.25) is 5.15 Å². The van der Waals surface area contributed by atoms with Crippen LogP contribution >= 0.6 is 11.6 Å². The van der Waals surface area contributed by atoms with Crippen molar-refractivity contribution in [2.75, 3.05) is 0 Å². The Morgan fingerprint density at radius 1 is 1.15 bits per heavy atom. The van der Waals surface area contributed by atoms with Gasteiger partial charge in [-0.3, -0.25) is 0 Å². The third-order valence-corrected chi connectivity index (χ3v) is 2.34. The molecule has 0 N–H and O–H groups in total. The molecule has 1 aromatic heterocycles. The lowest BCUT2D eigenvalue weighted by molar-refractivity contribution is 1.23. The highest BCUT2D eigenvalue weighted by molar-refractivity contribution is 6.30. The molecular formula is C11H10ClN.